The van der Waals surface area contributed by atoms with Crippen molar-refractivity contribution in [3.8, 4) is 0 Å². The quantitative estimate of drug-likeness (QED) is 0.900. The summed E-state index contributed by atoms with van der Waals surface area (Å²) in [6.45, 7) is 4.39. The van der Waals surface area contributed by atoms with Crippen molar-refractivity contribution < 1.29 is 4.79 Å². The second-order valence-corrected chi connectivity index (χ2v) is 7.57. The second-order valence-electron chi connectivity index (χ2n) is 5.70. The number of piperidine rings is 1. The van der Waals surface area contributed by atoms with E-state index in [0.29, 0.717) is 12.5 Å². The van der Waals surface area contributed by atoms with Crippen molar-refractivity contribution in [2.45, 2.75) is 38.5 Å². The molecule has 1 aliphatic rings. The fourth-order valence-corrected chi connectivity index (χ4v) is 4.39. The maximum atomic E-state index is 12.2. The Morgan fingerprint density at radius 2 is 2.22 bits per heavy atom. The predicted octanol–water partition coefficient (Wildman–Crippen LogP) is 3.29. The Morgan fingerprint density at radius 3 is 2.87 bits per heavy atom. The minimum absolute atomic E-state index is 0.0496. The first-order chi connectivity index (χ1) is 11.3. The van der Waals surface area contributed by atoms with Crippen LogP contribution in [0.1, 0.15) is 41.4 Å². The van der Waals surface area contributed by atoms with Crippen LogP contribution in [-0.4, -0.2) is 40.5 Å². The average molecular weight is 351 g/mol. The third kappa shape index (κ3) is 4.29. The number of thiazole rings is 2. The zero-order valence-electron chi connectivity index (χ0n) is 13.3. The topological polar surface area (TPSA) is 58.1 Å². The van der Waals surface area contributed by atoms with Crippen molar-refractivity contribution in [3.63, 3.8) is 0 Å². The molecule has 3 rings (SSSR count). The zero-order chi connectivity index (χ0) is 16.1. The third-order valence-electron chi connectivity index (χ3n) is 4.14. The lowest BCUT2D eigenvalue weighted by Crippen LogP contribution is -2.44. The van der Waals surface area contributed by atoms with Gasteiger partial charge in [-0.15, -0.1) is 22.7 Å². The molecule has 1 aliphatic heterocycles. The lowest BCUT2D eigenvalue weighted by molar-refractivity contribution is 0.181. The predicted molar refractivity (Wildman–Crippen MR) is 94.3 cm³/mol. The Bertz CT molecular complexity index is 618. The number of amides is 2. The standard InChI is InChI=1S/C16H22N4OS2/c1-2-14-19-13(11-23-14)3-6-18-16(21)20-8-4-12(5-9-20)15-17-7-10-22-15/h7,10-12H,2-6,8-9H2,1H3,(H,18,21). The van der Waals surface area contributed by atoms with Crippen LogP contribution in [0.25, 0.3) is 0 Å². The molecule has 1 N–H and O–H groups in total. The van der Waals surface area contributed by atoms with Gasteiger partial charge in [-0.2, -0.15) is 0 Å². The van der Waals surface area contributed by atoms with Gasteiger partial charge in [0.1, 0.15) is 0 Å². The van der Waals surface area contributed by atoms with Gasteiger partial charge in [0.2, 0.25) is 0 Å². The Hall–Kier alpha value is -1.47. The molecule has 0 aromatic carbocycles. The van der Waals surface area contributed by atoms with Crippen LogP contribution in [0.3, 0.4) is 0 Å². The van der Waals surface area contributed by atoms with Gasteiger partial charge in [-0.05, 0) is 19.3 Å². The van der Waals surface area contributed by atoms with Gasteiger partial charge >= 0.3 is 6.03 Å². The van der Waals surface area contributed by atoms with E-state index in [1.165, 1.54) is 5.01 Å². The number of hydrogen-bond acceptors (Lipinski definition) is 5. The lowest BCUT2D eigenvalue weighted by atomic mass is 9.98. The molecule has 0 unspecified atom stereocenters. The average Bonchev–Trinajstić information content (AvgIpc) is 3.26. The van der Waals surface area contributed by atoms with Gasteiger partial charge in [0.15, 0.2) is 0 Å². The molecule has 0 aliphatic carbocycles. The Balaban J connectivity index is 1.39. The van der Waals surface area contributed by atoms with Gasteiger partial charge < -0.3 is 10.2 Å². The van der Waals surface area contributed by atoms with Crippen LogP contribution in [0.5, 0.6) is 0 Å². The van der Waals surface area contributed by atoms with Crippen LogP contribution in [0.15, 0.2) is 17.0 Å². The molecule has 2 aromatic rings. The highest BCUT2D eigenvalue weighted by Gasteiger charge is 2.24. The smallest absolute Gasteiger partial charge is 0.317 e. The van der Waals surface area contributed by atoms with Crippen LogP contribution < -0.4 is 5.32 Å². The first kappa shape index (κ1) is 16.4. The van der Waals surface area contributed by atoms with Gasteiger partial charge in [0, 0.05) is 48.9 Å². The molecule has 0 radical (unpaired) electrons. The van der Waals surface area contributed by atoms with Crippen molar-refractivity contribution >= 4 is 28.7 Å². The molecule has 7 heteroatoms. The van der Waals surface area contributed by atoms with E-state index in [1.807, 2.05) is 16.5 Å². The number of likely N-dealkylation sites (tertiary alicyclic amines) is 1. The molecule has 3 heterocycles. The summed E-state index contributed by atoms with van der Waals surface area (Å²) in [6.07, 6.45) is 5.66. The van der Waals surface area contributed by atoms with Crippen LogP contribution in [-0.2, 0) is 12.8 Å². The third-order valence-corrected chi connectivity index (χ3v) is 6.12. The molecular weight excluding hydrogens is 328 g/mol. The van der Waals surface area contributed by atoms with Crippen LogP contribution in [0.2, 0.25) is 0 Å². The van der Waals surface area contributed by atoms with E-state index in [9.17, 15) is 4.79 Å². The summed E-state index contributed by atoms with van der Waals surface area (Å²) in [7, 11) is 0. The highest BCUT2D eigenvalue weighted by Crippen LogP contribution is 2.29. The fourth-order valence-electron chi connectivity index (χ4n) is 2.80. The molecule has 0 spiro atoms. The molecule has 124 valence electrons. The number of rotatable bonds is 5. The molecule has 0 atom stereocenters. The highest BCUT2D eigenvalue weighted by atomic mass is 32.1. The van der Waals surface area contributed by atoms with Gasteiger partial charge in [-0.1, -0.05) is 6.92 Å². The molecular formula is C16H22N4OS2. The number of aryl methyl sites for hydroxylation is 1. The first-order valence-corrected chi connectivity index (χ1v) is 9.87. The normalized spacial score (nSPS) is 15.8. The van der Waals surface area contributed by atoms with E-state index in [1.54, 1.807) is 22.7 Å². The number of carbonyl (C=O) groups is 1. The number of nitrogens with one attached hydrogen (secondary N) is 1. The van der Waals surface area contributed by atoms with E-state index >= 15 is 0 Å². The van der Waals surface area contributed by atoms with E-state index in [4.69, 9.17) is 0 Å². The summed E-state index contributed by atoms with van der Waals surface area (Å²) in [5.74, 6) is 0.515. The summed E-state index contributed by atoms with van der Waals surface area (Å²) in [5.41, 5.74) is 1.08. The van der Waals surface area contributed by atoms with E-state index in [2.05, 4.69) is 27.6 Å². The number of carbonyl (C=O) groups excluding carboxylic acids is 1. The monoisotopic (exact) mass is 350 g/mol. The Morgan fingerprint density at radius 1 is 1.39 bits per heavy atom. The summed E-state index contributed by atoms with van der Waals surface area (Å²) >= 11 is 3.41. The van der Waals surface area contributed by atoms with Crippen LogP contribution in [0.4, 0.5) is 4.79 Å². The first-order valence-electron chi connectivity index (χ1n) is 8.11. The van der Waals surface area contributed by atoms with Gasteiger partial charge in [0.25, 0.3) is 0 Å². The summed E-state index contributed by atoms with van der Waals surface area (Å²) in [5, 5.41) is 9.50. The van der Waals surface area contributed by atoms with E-state index in [0.717, 1.165) is 49.5 Å². The maximum Gasteiger partial charge on any atom is 0.317 e. The van der Waals surface area contributed by atoms with Crippen molar-refractivity contribution in [3.05, 3.63) is 32.7 Å². The fraction of sp³-hybridized carbons (Fsp3) is 0.562. The number of hydrogen-bond donors (Lipinski definition) is 1. The number of aromatic nitrogens is 2. The van der Waals surface area contributed by atoms with Crippen LogP contribution >= 0.6 is 22.7 Å². The van der Waals surface area contributed by atoms with Gasteiger partial charge in [-0.25, -0.2) is 14.8 Å². The highest BCUT2D eigenvalue weighted by molar-refractivity contribution is 7.09. The van der Waals surface area contributed by atoms with E-state index in [-0.39, 0.29) is 6.03 Å². The summed E-state index contributed by atoms with van der Waals surface area (Å²) in [6, 6.07) is 0.0496. The van der Waals surface area contributed by atoms with Crippen molar-refractivity contribution in [1.82, 2.24) is 20.2 Å². The largest absolute Gasteiger partial charge is 0.338 e. The van der Waals surface area contributed by atoms with Crippen molar-refractivity contribution in [1.29, 1.82) is 0 Å². The number of urea groups is 1. The Kier molecular flexibility index (Phi) is 5.61. The molecule has 2 amide bonds. The Labute approximate surface area is 144 Å². The molecule has 0 bridgehead atoms. The van der Waals surface area contributed by atoms with Gasteiger partial charge in [-0.3, -0.25) is 0 Å². The van der Waals surface area contributed by atoms with E-state index < -0.39 is 0 Å². The summed E-state index contributed by atoms with van der Waals surface area (Å²) < 4.78 is 0. The molecule has 23 heavy (non-hydrogen) atoms. The molecule has 0 saturated carbocycles. The zero-order valence-corrected chi connectivity index (χ0v) is 15.0. The maximum absolute atomic E-state index is 12.2. The SMILES string of the molecule is CCc1nc(CCNC(=O)N2CCC(c3nccs3)CC2)cs1. The molecule has 5 nitrogen and oxygen atoms in total. The van der Waals surface area contributed by atoms with Crippen molar-refractivity contribution in [2.24, 2.45) is 0 Å². The number of nitrogens with zero attached hydrogens (tertiary/aromatic N) is 3. The lowest BCUT2D eigenvalue weighted by Gasteiger charge is -2.31. The molecule has 1 saturated heterocycles. The minimum atomic E-state index is 0.0496. The van der Waals surface area contributed by atoms with Gasteiger partial charge in [0.05, 0.1) is 15.7 Å². The molecule has 2 aromatic heterocycles. The second kappa shape index (κ2) is 7.88. The minimum Gasteiger partial charge on any atom is -0.338 e. The van der Waals surface area contributed by atoms with Crippen molar-refractivity contribution in [2.75, 3.05) is 19.6 Å². The van der Waals surface area contributed by atoms with Crippen LogP contribution in [0, 0.1) is 0 Å². The summed E-state index contributed by atoms with van der Waals surface area (Å²) in [4.78, 5) is 23.1. The molecule has 1 fully saturated rings.